The number of benzene rings is 1. The third-order valence-electron chi connectivity index (χ3n) is 3.59. The molecular weight excluding hydrogens is 346 g/mol. The lowest BCUT2D eigenvalue weighted by Crippen LogP contribution is -2.30. The van der Waals surface area contributed by atoms with Crippen LogP contribution in [0.5, 0.6) is 0 Å². The van der Waals surface area contributed by atoms with Gasteiger partial charge < -0.3 is 0 Å². The molecule has 0 unspecified atom stereocenters. The number of carbonyl (C=O) groups is 1. The zero-order valence-electron chi connectivity index (χ0n) is 13.9. The minimum Gasteiger partial charge on any atom is -0.298 e. The van der Waals surface area contributed by atoms with Crippen molar-refractivity contribution in [3.8, 4) is 0 Å². The second kappa shape index (κ2) is 7.87. The third-order valence-corrected chi connectivity index (χ3v) is 6.46. The second-order valence-corrected chi connectivity index (χ2v) is 7.86. The summed E-state index contributed by atoms with van der Waals surface area (Å²) in [6.07, 6.45) is 0.810. The summed E-state index contributed by atoms with van der Waals surface area (Å²) in [5.41, 5.74) is 1.32. The number of carbonyl (C=O) groups excluding carboxylic acids is 1. The van der Waals surface area contributed by atoms with Crippen LogP contribution in [-0.4, -0.2) is 36.7 Å². The predicted molar refractivity (Wildman–Crippen MR) is 96.0 cm³/mol. The topological polar surface area (TPSA) is 79.4 Å². The van der Waals surface area contributed by atoms with Crippen molar-refractivity contribution in [2.24, 2.45) is 0 Å². The number of rotatable bonds is 7. The van der Waals surface area contributed by atoms with Crippen LogP contribution >= 0.6 is 11.3 Å². The van der Waals surface area contributed by atoms with Crippen LogP contribution in [0.4, 0.5) is 5.13 Å². The van der Waals surface area contributed by atoms with Gasteiger partial charge in [-0.15, -0.1) is 11.3 Å². The molecule has 0 aliphatic rings. The maximum Gasteiger partial charge on any atom is 0.257 e. The number of hydrogen-bond donors (Lipinski definition) is 1. The Labute approximate surface area is 146 Å². The van der Waals surface area contributed by atoms with Crippen LogP contribution in [0, 0.1) is 0 Å². The molecule has 0 fully saturated rings. The van der Waals surface area contributed by atoms with E-state index >= 15 is 0 Å². The molecule has 1 amide bonds. The van der Waals surface area contributed by atoms with E-state index in [0.29, 0.717) is 23.8 Å². The molecular formula is C16H21N3O3S2. The molecule has 0 bridgehead atoms. The predicted octanol–water partition coefficient (Wildman–Crippen LogP) is 2.99. The molecule has 0 atom stereocenters. The fourth-order valence-electron chi connectivity index (χ4n) is 2.19. The Hall–Kier alpha value is -1.77. The van der Waals surface area contributed by atoms with E-state index < -0.39 is 10.0 Å². The standard InChI is InChI=1S/C16H21N3O3S2/c1-4-13-11-23-16(17-13)18-15(20)12-7-9-14(10-8-12)24(21,22)19(5-2)6-3/h7-11H,4-6H2,1-3H3,(H,17,18,20). The van der Waals surface area contributed by atoms with Gasteiger partial charge in [0.15, 0.2) is 5.13 Å². The Kier molecular flexibility index (Phi) is 6.09. The molecule has 1 aromatic carbocycles. The molecule has 0 spiro atoms. The molecule has 6 nitrogen and oxygen atoms in total. The number of sulfonamides is 1. The van der Waals surface area contributed by atoms with E-state index in [1.807, 2.05) is 12.3 Å². The van der Waals surface area contributed by atoms with Gasteiger partial charge >= 0.3 is 0 Å². The SMILES string of the molecule is CCc1csc(NC(=O)c2ccc(S(=O)(=O)N(CC)CC)cc2)n1. The fraction of sp³-hybridized carbons (Fsp3) is 0.375. The molecule has 8 heteroatoms. The first-order valence-electron chi connectivity index (χ1n) is 7.78. The number of aromatic nitrogens is 1. The minimum atomic E-state index is -3.51. The van der Waals surface area contributed by atoms with E-state index in [4.69, 9.17) is 0 Å². The monoisotopic (exact) mass is 367 g/mol. The minimum absolute atomic E-state index is 0.185. The van der Waals surface area contributed by atoms with E-state index in [0.717, 1.165) is 12.1 Å². The van der Waals surface area contributed by atoms with Gasteiger partial charge in [-0.05, 0) is 30.7 Å². The molecule has 24 heavy (non-hydrogen) atoms. The quantitative estimate of drug-likeness (QED) is 0.816. The van der Waals surface area contributed by atoms with Crippen LogP contribution in [-0.2, 0) is 16.4 Å². The molecule has 0 aliphatic carbocycles. The lowest BCUT2D eigenvalue weighted by molar-refractivity contribution is 0.102. The first kappa shape index (κ1) is 18.6. The largest absolute Gasteiger partial charge is 0.298 e. The van der Waals surface area contributed by atoms with Crippen molar-refractivity contribution in [3.05, 3.63) is 40.9 Å². The van der Waals surface area contributed by atoms with E-state index in [1.54, 1.807) is 13.8 Å². The Bertz CT molecular complexity index is 794. The number of nitrogens with one attached hydrogen (secondary N) is 1. The number of hydrogen-bond acceptors (Lipinski definition) is 5. The number of nitrogens with zero attached hydrogens (tertiary/aromatic N) is 2. The van der Waals surface area contributed by atoms with Crippen LogP contribution in [0.3, 0.4) is 0 Å². The van der Waals surface area contributed by atoms with E-state index in [1.165, 1.54) is 39.9 Å². The first-order valence-corrected chi connectivity index (χ1v) is 10.1. The van der Waals surface area contributed by atoms with Crippen LogP contribution in [0.15, 0.2) is 34.5 Å². The van der Waals surface area contributed by atoms with Crippen molar-refractivity contribution in [2.45, 2.75) is 32.1 Å². The maximum atomic E-state index is 12.4. The molecule has 1 N–H and O–H groups in total. The smallest absolute Gasteiger partial charge is 0.257 e. The van der Waals surface area contributed by atoms with Gasteiger partial charge in [0.1, 0.15) is 0 Å². The van der Waals surface area contributed by atoms with Crippen LogP contribution in [0.2, 0.25) is 0 Å². The average molecular weight is 367 g/mol. The Morgan fingerprint density at radius 1 is 1.17 bits per heavy atom. The summed E-state index contributed by atoms with van der Waals surface area (Å²) in [6, 6.07) is 5.95. The molecule has 130 valence electrons. The number of thiazole rings is 1. The van der Waals surface area contributed by atoms with Crippen LogP contribution < -0.4 is 5.32 Å². The molecule has 2 aromatic rings. The summed E-state index contributed by atoms with van der Waals surface area (Å²) in [7, 11) is -3.51. The highest BCUT2D eigenvalue weighted by Gasteiger charge is 2.21. The highest BCUT2D eigenvalue weighted by Crippen LogP contribution is 2.19. The van der Waals surface area contributed by atoms with Gasteiger partial charge in [-0.2, -0.15) is 4.31 Å². The van der Waals surface area contributed by atoms with Gasteiger partial charge in [-0.3, -0.25) is 10.1 Å². The summed E-state index contributed by atoms with van der Waals surface area (Å²) >= 11 is 1.37. The van der Waals surface area contributed by atoms with Gasteiger partial charge in [-0.1, -0.05) is 20.8 Å². The average Bonchev–Trinajstić information content (AvgIpc) is 3.03. The molecule has 0 saturated carbocycles. The highest BCUT2D eigenvalue weighted by atomic mass is 32.2. The zero-order valence-corrected chi connectivity index (χ0v) is 15.6. The number of amides is 1. The fourth-order valence-corrected chi connectivity index (χ4v) is 4.43. The molecule has 1 aromatic heterocycles. The van der Waals surface area contributed by atoms with Crippen molar-refractivity contribution in [2.75, 3.05) is 18.4 Å². The highest BCUT2D eigenvalue weighted by molar-refractivity contribution is 7.89. The van der Waals surface area contributed by atoms with Crippen molar-refractivity contribution >= 4 is 32.4 Å². The summed E-state index contributed by atoms with van der Waals surface area (Å²) in [5.74, 6) is -0.307. The first-order chi connectivity index (χ1) is 11.4. The number of anilines is 1. The molecule has 0 aliphatic heterocycles. The van der Waals surface area contributed by atoms with Crippen molar-refractivity contribution in [3.63, 3.8) is 0 Å². The Morgan fingerprint density at radius 2 is 1.79 bits per heavy atom. The lowest BCUT2D eigenvalue weighted by atomic mass is 10.2. The zero-order chi connectivity index (χ0) is 17.7. The Morgan fingerprint density at radius 3 is 2.29 bits per heavy atom. The van der Waals surface area contributed by atoms with Gasteiger partial charge in [0.05, 0.1) is 10.6 Å². The molecule has 1 heterocycles. The lowest BCUT2D eigenvalue weighted by Gasteiger charge is -2.18. The Balaban J connectivity index is 2.15. The molecule has 2 rings (SSSR count). The van der Waals surface area contributed by atoms with Crippen molar-refractivity contribution in [1.29, 1.82) is 0 Å². The van der Waals surface area contributed by atoms with Crippen LogP contribution in [0.1, 0.15) is 36.8 Å². The van der Waals surface area contributed by atoms with Gasteiger partial charge in [-0.25, -0.2) is 13.4 Å². The summed E-state index contributed by atoms with van der Waals surface area (Å²) in [4.78, 5) is 16.7. The molecule has 0 saturated heterocycles. The van der Waals surface area contributed by atoms with E-state index in [2.05, 4.69) is 10.3 Å². The second-order valence-electron chi connectivity index (χ2n) is 5.07. The van der Waals surface area contributed by atoms with E-state index in [-0.39, 0.29) is 10.8 Å². The maximum absolute atomic E-state index is 12.4. The summed E-state index contributed by atoms with van der Waals surface area (Å²) in [5, 5.41) is 5.16. The third kappa shape index (κ3) is 4.00. The molecule has 0 radical (unpaired) electrons. The van der Waals surface area contributed by atoms with Crippen molar-refractivity contribution in [1.82, 2.24) is 9.29 Å². The van der Waals surface area contributed by atoms with Gasteiger partial charge in [0.2, 0.25) is 10.0 Å². The summed E-state index contributed by atoms with van der Waals surface area (Å²) in [6.45, 7) is 6.40. The number of aryl methyl sites for hydroxylation is 1. The summed E-state index contributed by atoms with van der Waals surface area (Å²) < 4.78 is 26.2. The van der Waals surface area contributed by atoms with E-state index in [9.17, 15) is 13.2 Å². The van der Waals surface area contributed by atoms with Gasteiger partial charge in [0, 0.05) is 24.0 Å². The normalized spacial score (nSPS) is 11.7. The van der Waals surface area contributed by atoms with Crippen LogP contribution in [0.25, 0.3) is 0 Å². The van der Waals surface area contributed by atoms with Gasteiger partial charge in [0.25, 0.3) is 5.91 Å². The van der Waals surface area contributed by atoms with Crippen molar-refractivity contribution < 1.29 is 13.2 Å².